The summed E-state index contributed by atoms with van der Waals surface area (Å²) in [6, 6.07) is 14.8. The minimum atomic E-state index is -0.163. The molecule has 0 saturated carbocycles. The Morgan fingerprint density at radius 2 is 1.83 bits per heavy atom. The molecule has 0 saturated heterocycles. The maximum Gasteiger partial charge on any atom is 0.279 e. The number of ether oxygens (including phenoxy) is 2. The van der Waals surface area contributed by atoms with Gasteiger partial charge in [-0.05, 0) is 30.3 Å². The zero-order valence-electron chi connectivity index (χ0n) is 13.6. The highest BCUT2D eigenvalue weighted by atomic mass is 16.5. The van der Waals surface area contributed by atoms with E-state index in [0.29, 0.717) is 22.1 Å². The smallest absolute Gasteiger partial charge is 0.279 e. The van der Waals surface area contributed by atoms with Crippen LogP contribution in [0.2, 0.25) is 0 Å². The number of rotatable bonds is 4. The number of aromatic amines is 1. The molecule has 0 aliphatic carbocycles. The molecule has 0 spiro atoms. The molecule has 2 aromatic carbocycles. The minimum Gasteiger partial charge on any atom is -0.497 e. The van der Waals surface area contributed by atoms with E-state index in [9.17, 15) is 4.79 Å². The van der Waals surface area contributed by atoms with Crippen LogP contribution < -0.4 is 25.6 Å². The lowest BCUT2D eigenvalue weighted by Crippen LogP contribution is -2.34. The van der Waals surface area contributed by atoms with Crippen LogP contribution >= 0.6 is 0 Å². The highest BCUT2D eigenvalue weighted by Gasteiger charge is 2.07. The molecule has 1 N–H and O–H groups in total. The van der Waals surface area contributed by atoms with E-state index in [1.165, 1.54) is 4.68 Å². The Kier molecular flexibility index (Phi) is 4.24. The fraction of sp³-hybridized carbons (Fsp3) is 0.105. The average molecular weight is 322 g/mol. The molecule has 5 heteroatoms. The largest absolute Gasteiger partial charge is 0.497 e. The maximum absolute atomic E-state index is 12.7. The molecule has 122 valence electrons. The number of nitrogens with zero attached hydrogens (tertiary/aromatic N) is 1. The van der Waals surface area contributed by atoms with Crippen molar-refractivity contribution in [2.75, 3.05) is 14.2 Å². The number of para-hydroxylation sites is 1. The van der Waals surface area contributed by atoms with E-state index < -0.39 is 0 Å². The van der Waals surface area contributed by atoms with Crippen LogP contribution in [0.25, 0.3) is 18.3 Å². The summed E-state index contributed by atoms with van der Waals surface area (Å²) in [6.45, 7) is 3.94. The lowest BCUT2D eigenvalue weighted by molar-refractivity contribution is 0.393. The van der Waals surface area contributed by atoms with Gasteiger partial charge in [-0.1, -0.05) is 24.8 Å². The van der Waals surface area contributed by atoms with Crippen molar-refractivity contribution in [3.8, 4) is 17.2 Å². The number of aromatic nitrogens is 2. The van der Waals surface area contributed by atoms with Crippen molar-refractivity contribution >= 4 is 12.7 Å². The third-order valence-corrected chi connectivity index (χ3v) is 3.76. The van der Waals surface area contributed by atoms with Gasteiger partial charge >= 0.3 is 0 Å². The Hall–Kier alpha value is -3.21. The summed E-state index contributed by atoms with van der Waals surface area (Å²) in [7, 11) is 3.17. The van der Waals surface area contributed by atoms with E-state index in [0.717, 1.165) is 11.3 Å². The SMILES string of the molecule is C=c1[nH]n(-c2ccccc2)c(=O)c1=Cc1ccc(OC)cc1OC. The molecule has 3 aromatic rings. The van der Waals surface area contributed by atoms with Crippen LogP contribution in [0.4, 0.5) is 0 Å². The lowest BCUT2D eigenvalue weighted by atomic mass is 10.1. The number of H-pyrrole nitrogens is 1. The summed E-state index contributed by atoms with van der Waals surface area (Å²) in [4.78, 5) is 12.7. The van der Waals surface area contributed by atoms with E-state index in [1.807, 2.05) is 42.5 Å². The summed E-state index contributed by atoms with van der Waals surface area (Å²) in [6.07, 6.45) is 1.76. The first-order valence-electron chi connectivity index (χ1n) is 7.43. The van der Waals surface area contributed by atoms with Crippen molar-refractivity contribution in [2.24, 2.45) is 0 Å². The van der Waals surface area contributed by atoms with Crippen molar-refractivity contribution in [1.82, 2.24) is 9.78 Å². The molecule has 0 atom stereocenters. The summed E-state index contributed by atoms with van der Waals surface area (Å²) >= 11 is 0. The van der Waals surface area contributed by atoms with Gasteiger partial charge in [-0.2, -0.15) is 0 Å². The van der Waals surface area contributed by atoms with Crippen LogP contribution in [-0.4, -0.2) is 24.0 Å². The second-order valence-electron chi connectivity index (χ2n) is 5.23. The Balaban J connectivity index is 2.18. The van der Waals surface area contributed by atoms with Gasteiger partial charge in [0.25, 0.3) is 5.56 Å². The molecule has 0 aliphatic rings. The van der Waals surface area contributed by atoms with Gasteiger partial charge in [-0.3, -0.25) is 9.89 Å². The molecule has 0 bridgehead atoms. The topological polar surface area (TPSA) is 56.2 Å². The highest BCUT2D eigenvalue weighted by molar-refractivity contribution is 5.59. The Bertz CT molecular complexity index is 1020. The van der Waals surface area contributed by atoms with Gasteiger partial charge in [0.05, 0.1) is 30.5 Å². The molecule has 3 rings (SSSR count). The van der Waals surface area contributed by atoms with Crippen molar-refractivity contribution in [2.45, 2.75) is 0 Å². The van der Waals surface area contributed by atoms with E-state index in [4.69, 9.17) is 9.47 Å². The van der Waals surface area contributed by atoms with Crippen LogP contribution in [-0.2, 0) is 0 Å². The second-order valence-corrected chi connectivity index (χ2v) is 5.23. The lowest BCUT2D eigenvalue weighted by Gasteiger charge is -2.06. The van der Waals surface area contributed by atoms with Gasteiger partial charge in [0.2, 0.25) is 0 Å². The molecule has 1 aromatic heterocycles. The van der Waals surface area contributed by atoms with Gasteiger partial charge in [0.15, 0.2) is 0 Å². The Labute approximate surface area is 139 Å². The van der Waals surface area contributed by atoms with E-state index >= 15 is 0 Å². The quantitative estimate of drug-likeness (QED) is 0.790. The fourth-order valence-electron chi connectivity index (χ4n) is 2.50. The normalized spacial score (nSPS) is 11.5. The zero-order chi connectivity index (χ0) is 17.1. The van der Waals surface area contributed by atoms with E-state index in [-0.39, 0.29) is 5.56 Å². The fourth-order valence-corrected chi connectivity index (χ4v) is 2.50. The van der Waals surface area contributed by atoms with Crippen molar-refractivity contribution < 1.29 is 9.47 Å². The van der Waals surface area contributed by atoms with Gasteiger partial charge in [-0.25, -0.2) is 4.68 Å². The molecule has 5 nitrogen and oxygen atoms in total. The molecular formula is C19H18N2O3. The third kappa shape index (κ3) is 2.84. The standard InChI is InChI=1S/C19H18N2O3/c1-13-17(11-14-9-10-16(23-2)12-18(14)24-3)19(22)21(20-13)15-7-5-4-6-8-15/h4-12,20H,1H2,2-3H3. The van der Waals surface area contributed by atoms with Gasteiger partial charge in [0, 0.05) is 11.6 Å². The highest BCUT2D eigenvalue weighted by Crippen LogP contribution is 2.24. The minimum absolute atomic E-state index is 0.163. The monoisotopic (exact) mass is 322 g/mol. The van der Waals surface area contributed by atoms with Crippen molar-refractivity contribution in [3.63, 3.8) is 0 Å². The van der Waals surface area contributed by atoms with Crippen LogP contribution in [0.15, 0.2) is 53.3 Å². The Morgan fingerprint density at radius 1 is 1.08 bits per heavy atom. The first-order valence-corrected chi connectivity index (χ1v) is 7.43. The van der Waals surface area contributed by atoms with Crippen molar-refractivity contribution in [1.29, 1.82) is 0 Å². The molecular weight excluding hydrogens is 304 g/mol. The zero-order valence-corrected chi connectivity index (χ0v) is 13.6. The third-order valence-electron chi connectivity index (χ3n) is 3.76. The molecule has 0 aliphatic heterocycles. The molecule has 24 heavy (non-hydrogen) atoms. The van der Waals surface area contributed by atoms with Gasteiger partial charge in [0.1, 0.15) is 11.5 Å². The van der Waals surface area contributed by atoms with Gasteiger partial charge in [-0.15, -0.1) is 0 Å². The number of methoxy groups -OCH3 is 2. The van der Waals surface area contributed by atoms with E-state index in [2.05, 4.69) is 11.7 Å². The second kappa shape index (κ2) is 6.50. The van der Waals surface area contributed by atoms with E-state index in [1.54, 1.807) is 26.4 Å². The Morgan fingerprint density at radius 3 is 2.50 bits per heavy atom. The maximum atomic E-state index is 12.7. The van der Waals surface area contributed by atoms with Crippen molar-refractivity contribution in [3.05, 3.63) is 75.0 Å². The molecule has 0 unspecified atom stereocenters. The molecule has 0 radical (unpaired) electrons. The first-order chi connectivity index (χ1) is 11.6. The van der Waals surface area contributed by atoms with Crippen LogP contribution in [0.1, 0.15) is 5.56 Å². The van der Waals surface area contributed by atoms with Crippen LogP contribution in [0, 0.1) is 0 Å². The molecule has 1 heterocycles. The summed E-state index contributed by atoms with van der Waals surface area (Å²) < 4.78 is 12.0. The summed E-state index contributed by atoms with van der Waals surface area (Å²) in [5, 5.41) is 4.04. The number of nitrogens with one attached hydrogen (secondary N) is 1. The average Bonchev–Trinajstić information content (AvgIpc) is 2.91. The predicted molar refractivity (Wildman–Crippen MR) is 94.3 cm³/mol. The predicted octanol–water partition coefficient (Wildman–Crippen LogP) is 1.42. The molecule has 0 amide bonds. The van der Waals surface area contributed by atoms with Crippen LogP contribution in [0.3, 0.4) is 0 Å². The number of benzene rings is 2. The number of hydrogen-bond acceptors (Lipinski definition) is 3. The first kappa shape index (κ1) is 15.7. The van der Waals surface area contributed by atoms with Crippen LogP contribution in [0.5, 0.6) is 11.5 Å². The molecule has 0 fully saturated rings. The number of hydrogen-bond donors (Lipinski definition) is 1. The summed E-state index contributed by atoms with van der Waals surface area (Å²) in [5.74, 6) is 1.32. The van der Waals surface area contributed by atoms with Gasteiger partial charge < -0.3 is 9.47 Å². The summed E-state index contributed by atoms with van der Waals surface area (Å²) in [5.41, 5.74) is 1.37.